The number of hydrogen-bond acceptors (Lipinski definition) is 6. The average Bonchev–Trinajstić information content (AvgIpc) is 3.43. The molecule has 1 amide bonds. The first-order valence-electron chi connectivity index (χ1n) is 12.8. The van der Waals surface area contributed by atoms with Gasteiger partial charge >= 0.3 is 0 Å². The second kappa shape index (κ2) is 8.97. The zero-order valence-corrected chi connectivity index (χ0v) is 22.9. The monoisotopic (exact) mass is 521 g/mol. The van der Waals surface area contributed by atoms with Crippen molar-refractivity contribution >= 4 is 21.7 Å². The maximum atomic E-state index is 13.4. The van der Waals surface area contributed by atoms with Gasteiger partial charge in [0.05, 0.1) is 11.6 Å². The van der Waals surface area contributed by atoms with Crippen molar-refractivity contribution in [1.82, 2.24) is 19.5 Å². The molecule has 1 saturated heterocycles. The van der Waals surface area contributed by atoms with E-state index in [4.69, 9.17) is 4.98 Å². The summed E-state index contributed by atoms with van der Waals surface area (Å²) < 4.78 is 30.4. The fourth-order valence-corrected chi connectivity index (χ4v) is 6.49. The summed E-state index contributed by atoms with van der Waals surface area (Å²) in [6.45, 7) is 11.3. The number of nitrogens with one attached hydrogen (secondary N) is 1. The Balaban J connectivity index is 1.64. The highest BCUT2D eigenvalue weighted by Crippen LogP contribution is 2.41. The zero-order chi connectivity index (χ0) is 26.6. The van der Waals surface area contributed by atoms with Crippen molar-refractivity contribution in [2.45, 2.75) is 75.9 Å². The fourth-order valence-electron chi connectivity index (χ4n) is 5.59. The molecule has 4 bridgehead atoms. The van der Waals surface area contributed by atoms with Crippen LogP contribution in [-0.2, 0) is 15.4 Å². The highest BCUT2D eigenvalue weighted by atomic mass is 32.2. The summed E-state index contributed by atoms with van der Waals surface area (Å²) in [6, 6.07) is 14.9. The van der Waals surface area contributed by atoms with Crippen LogP contribution in [0.4, 0.5) is 5.82 Å². The van der Waals surface area contributed by atoms with Gasteiger partial charge in [-0.05, 0) is 62.8 Å². The van der Waals surface area contributed by atoms with Gasteiger partial charge in [-0.15, -0.1) is 0 Å². The van der Waals surface area contributed by atoms with Gasteiger partial charge in [-0.25, -0.2) is 9.71 Å². The number of pyridine rings is 1. The van der Waals surface area contributed by atoms with E-state index in [1.54, 1.807) is 16.9 Å². The number of amides is 1. The Labute approximate surface area is 219 Å². The average molecular weight is 522 g/mol. The van der Waals surface area contributed by atoms with Crippen LogP contribution >= 0.6 is 0 Å². The van der Waals surface area contributed by atoms with Crippen LogP contribution in [0.3, 0.4) is 0 Å². The van der Waals surface area contributed by atoms with E-state index in [-0.39, 0.29) is 27.6 Å². The van der Waals surface area contributed by atoms with Gasteiger partial charge < -0.3 is 4.90 Å². The third kappa shape index (κ3) is 4.89. The molecular formula is C28H35N5O3S. The fraction of sp³-hybridized carbons (Fsp3) is 0.464. The number of rotatable bonds is 1. The van der Waals surface area contributed by atoms with Crippen LogP contribution in [0.5, 0.6) is 0 Å². The first-order chi connectivity index (χ1) is 17.3. The molecule has 2 aromatic heterocycles. The predicted octanol–water partition coefficient (Wildman–Crippen LogP) is 4.68. The van der Waals surface area contributed by atoms with Crippen molar-refractivity contribution < 1.29 is 13.2 Å². The molecule has 3 aromatic rings. The van der Waals surface area contributed by atoms with Crippen LogP contribution in [0, 0.1) is 5.92 Å². The van der Waals surface area contributed by atoms with Crippen LogP contribution in [0.15, 0.2) is 59.8 Å². The van der Waals surface area contributed by atoms with E-state index in [1.165, 1.54) is 6.07 Å². The summed E-state index contributed by atoms with van der Waals surface area (Å²) in [5.41, 5.74) is 1.70. The summed E-state index contributed by atoms with van der Waals surface area (Å²) in [6.07, 6.45) is 4.38. The van der Waals surface area contributed by atoms with E-state index in [0.717, 1.165) is 37.1 Å². The van der Waals surface area contributed by atoms with Crippen molar-refractivity contribution in [2.75, 3.05) is 11.4 Å². The number of aromatic nitrogens is 3. The number of nitrogens with zero attached hydrogens (tertiary/aromatic N) is 4. The summed E-state index contributed by atoms with van der Waals surface area (Å²) in [5.74, 6) is 0.224. The number of sulfonamides is 1. The van der Waals surface area contributed by atoms with E-state index < -0.39 is 15.9 Å². The molecule has 0 radical (unpaired) electrons. The van der Waals surface area contributed by atoms with Crippen molar-refractivity contribution in [3.8, 4) is 0 Å². The van der Waals surface area contributed by atoms with Crippen LogP contribution in [0.25, 0.3) is 0 Å². The highest BCUT2D eigenvalue weighted by Gasteiger charge is 2.41. The maximum Gasteiger partial charge on any atom is 0.283 e. The van der Waals surface area contributed by atoms with E-state index in [1.807, 2.05) is 36.4 Å². The van der Waals surface area contributed by atoms with Crippen LogP contribution < -0.4 is 9.62 Å². The van der Waals surface area contributed by atoms with Crippen molar-refractivity contribution in [1.29, 1.82) is 0 Å². The normalized spacial score (nSPS) is 23.2. The number of fused-ring (bicyclic) bond motifs is 6. The number of hydrogen-bond donors (Lipinski definition) is 1. The van der Waals surface area contributed by atoms with E-state index in [9.17, 15) is 13.2 Å². The second-order valence-corrected chi connectivity index (χ2v) is 13.5. The Morgan fingerprint density at radius 3 is 2.46 bits per heavy atom. The molecule has 0 spiro atoms. The highest BCUT2D eigenvalue weighted by molar-refractivity contribution is 7.90. The van der Waals surface area contributed by atoms with Crippen molar-refractivity contribution in [3.63, 3.8) is 0 Å². The topological polar surface area (TPSA) is 97.2 Å². The first-order valence-corrected chi connectivity index (χ1v) is 14.3. The minimum Gasteiger partial charge on any atom is -0.351 e. The molecule has 8 nitrogen and oxygen atoms in total. The van der Waals surface area contributed by atoms with Crippen LogP contribution in [-0.4, -0.2) is 41.2 Å². The van der Waals surface area contributed by atoms with E-state index in [2.05, 4.69) is 49.3 Å². The standard InChI is InChI=1S/C28H35N5O3S/c1-27(2,3)23-14-12-21-25(29-23)32-18-19(17-28(32,4)5)11-13-22(20-9-7-6-8-10-20)33-16-15-24(30-33)37(35,36)31-26(21)34/h6-10,12,14-16,19,22H,11,13,17-18H2,1-5H3,(H,31,34). The van der Waals surface area contributed by atoms with Crippen LogP contribution in [0.1, 0.15) is 81.5 Å². The third-order valence-corrected chi connectivity index (χ3v) is 8.76. The molecule has 196 valence electrons. The van der Waals surface area contributed by atoms with Gasteiger partial charge in [0.15, 0.2) is 5.03 Å². The molecule has 2 unspecified atom stereocenters. The van der Waals surface area contributed by atoms with Gasteiger partial charge in [0.2, 0.25) is 0 Å². The van der Waals surface area contributed by atoms with Crippen LogP contribution in [0.2, 0.25) is 0 Å². The quantitative estimate of drug-likeness (QED) is 0.499. The van der Waals surface area contributed by atoms with Gasteiger partial charge in [0, 0.05) is 29.4 Å². The lowest BCUT2D eigenvalue weighted by atomic mass is 9.90. The molecule has 37 heavy (non-hydrogen) atoms. The molecule has 0 saturated carbocycles. The SMILES string of the molecule is CC(C)(C)c1ccc2c(n1)N1CC(CCC(c3ccccc3)n3ccc(n3)S(=O)(=O)NC2=O)CC1(C)C. The molecule has 2 aliphatic heterocycles. The van der Waals surface area contributed by atoms with Crippen molar-refractivity contribution in [2.24, 2.45) is 5.92 Å². The molecule has 1 N–H and O–H groups in total. The molecule has 1 fully saturated rings. The van der Waals surface area contributed by atoms with Gasteiger partial charge in [-0.2, -0.15) is 13.5 Å². The first kappa shape index (κ1) is 25.4. The zero-order valence-electron chi connectivity index (χ0n) is 22.1. The molecular weight excluding hydrogens is 486 g/mol. The van der Waals surface area contributed by atoms with Gasteiger partial charge in [-0.3, -0.25) is 9.48 Å². The molecule has 1 aromatic carbocycles. The smallest absolute Gasteiger partial charge is 0.283 e. The van der Waals surface area contributed by atoms with E-state index >= 15 is 0 Å². The number of carbonyl (C=O) groups excluding carboxylic acids is 1. The second-order valence-electron chi connectivity index (χ2n) is 11.9. The van der Waals surface area contributed by atoms with Gasteiger partial charge in [0.1, 0.15) is 5.82 Å². The summed E-state index contributed by atoms with van der Waals surface area (Å²) in [4.78, 5) is 20.6. The number of benzene rings is 1. The Morgan fingerprint density at radius 2 is 1.76 bits per heavy atom. The molecule has 2 aliphatic rings. The Bertz CT molecular complexity index is 1420. The van der Waals surface area contributed by atoms with Gasteiger partial charge in [-0.1, -0.05) is 51.1 Å². The molecule has 2 atom stereocenters. The maximum absolute atomic E-state index is 13.4. The lowest BCUT2D eigenvalue weighted by Gasteiger charge is -2.34. The third-order valence-electron chi connectivity index (χ3n) is 7.54. The molecule has 4 heterocycles. The van der Waals surface area contributed by atoms with Gasteiger partial charge in [0.25, 0.3) is 15.9 Å². The molecule has 0 aliphatic carbocycles. The molecule has 9 heteroatoms. The number of anilines is 1. The minimum absolute atomic E-state index is 0.112. The minimum atomic E-state index is -4.18. The lowest BCUT2D eigenvalue weighted by molar-refractivity contribution is 0.0981. The van der Waals surface area contributed by atoms with Crippen molar-refractivity contribution in [3.05, 3.63) is 71.5 Å². The lowest BCUT2D eigenvalue weighted by Crippen LogP contribution is -2.41. The Kier molecular flexibility index (Phi) is 6.17. The molecule has 5 rings (SSSR count). The Morgan fingerprint density at radius 1 is 1.03 bits per heavy atom. The largest absolute Gasteiger partial charge is 0.351 e. The summed E-state index contributed by atoms with van der Waals surface area (Å²) in [5, 5.41) is 4.25. The number of carbonyl (C=O) groups is 1. The Hall–Kier alpha value is -3.20. The summed E-state index contributed by atoms with van der Waals surface area (Å²) >= 11 is 0. The predicted molar refractivity (Wildman–Crippen MR) is 143 cm³/mol. The van der Waals surface area contributed by atoms with E-state index in [0.29, 0.717) is 11.7 Å². The summed E-state index contributed by atoms with van der Waals surface area (Å²) in [7, 11) is -4.18.